The van der Waals surface area contributed by atoms with Crippen LogP contribution in [-0.2, 0) is 4.79 Å². The molecule has 3 N–H and O–H groups in total. The van der Waals surface area contributed by atoms with Crippen LogP contribution < -0.4 is 11.1 Å². The molecule has 0 aromatic heterocycles. The Kier molecular flexibility index (Phi) is 6.69. The molecule has 18 heavy (non-hydrogen) atoms. The van der Waals surface area contributed by atoms with Gasteiger partial charge >= 0.3 is 0 Å². The lowest BCUT2D eigenvalue weighted by atomic mass is 9.91. The van der Waals surface area contributed by atoms with Gasteiger partial charge in [0.25, 0.3) is 0 Å². The predicted octanol–water partition coefficient (Wildman–Crippen LogP) is 0.608. The van der Waals surface area contributed by atoms with Gasteiger partial charge in [0.2, 0.25) is 5.91 Å². The zero-order chi connectivity index (χ0) is 13.4. The Labute approximate surface area is 109 Å². The smallest absolute Gasteiger partial charge is 0.234 e. The molecule has 1 saturated carbocycles. The fourth-order valence-corrected chi connectivity index (χ4v) is 2.46. The normalized spacial score (nSPS) is 23.7. The fourth-order valence-electron chi connectivity index (χ4n) is 2.46. The second-order valence-electron chi connectivity index (χ2n) is 4.89. The number of hydrogen-bond acceptors (Lipinski definition) is 4. The lowest BCUT2D eigenvalue weighted by molar-refractivity contribution is -0.122. The summed E-state index contributed by atoms with van der Waals surface area (Å²) in [5.41, 5.74) is 5.89. The summed E-state index contributed by atoms with van der Waals surface area (Å²) >= 11 is 0. The van der Waals surface area contributed by atoms with E-state index < -0.39 is 0 Å². The van der Waals surface area contributed by atoms with E-state index in [9.17, 15) is 4.79 Å². The van der Waals surface area contributed by atoms with E-state index in [1.165, 1.54) is 0 Å². The Hall–Kier alpha value is -1.12. The largest absolute Gasteiger partial charge is 0.354 e. The van der Waals surface area contributed by atoms with Gasteiger partial charge in [0.1, 0.15) is 0 Å². The van der Waals surface area contributed by atoms with Crippen LogP contribution in [0.2, 0.25) is 0 Å². The number of nitrogens with zero attached hydrogens (tertiary/aromatic N) is 2. The van der Waals surface area contributed by atoms with Gasteiger partial charge in [-0.15, -0.1) is 0 Å². The van der Waals surface area contributed by atoms with Crippen LogP contribution in [0.25, 0.3) is 0 Å². The van der Waals surface area contributed by atoms with Crippen LogP contribution in [0, 0.1) is 11.3 Å². The van der Waals surface area contributed by atoms with Crippen molar-refractivity contribution < 1.29 is 4.79 Å². The quantitative estimate of drug-likeness (QED) is 0.678. The van der Waals surface area contributed by atoms with E-state index >= 15 is 0 Å². The number of nitrogens with one attached hydrogen (secondary N) is 1. The van der Waals surface area contributed by atoms with Crippen LogP contribution in [0.15, 0.2) is 0 Å². The average molecular weight is 252 g/mol. The zero-order valence-electron chi connectivity index (χ0n) is 11.2. The highest BCUT2D eigenvalue weighted by molar-refractivity contribution is 5.78. The lowest BCUT2D eigenvalue weighted by Crippen LogP contribution is -2.45. The first-order valence-electron chi connectivity index (χ1n) is 6.80. The molecule has 0 saturated heterocycles. The summed E-state index contributed by atoms with van der Waals surface area (Å²) in [4.78, 5) is 13.9. The van der Waals surface area contributed by atoms with Gasteiger partial charge in [0, 0.05) is 18.6 Å². The molecule has 1 fully saturated rings. The van der Waals surface area contributed by atoms with Crippen molar-refractivity contribution in [2.24, 2.45) is 5.73 Å². The molecule has 1 aliphatic rings. The number of amides is 1. The molecule has 0 aromatic rings. The molecular formula is C13H24N4O. The van der Waals surface area contributed by atoms with Gasteiger partial charge in [-0.25, -0.2) is 0 Å². The molecule has 0 aromatic carbocycles. The fraction of sp³-hybridized carbons (Fsp3) is 0.846. The first-order chi connectivity index (χ1) is 8.67. The van der Waals surface area contributed by atoms with Gasteiger partial charge in [-0.05, 0) is 32.2 Å². The summed E-state index contributed by atoms with van der Waals surface area (Å²) in [6.07, 6.45) is 4.64. The second-order valence-corrected chi connectivity index (χ2v) is 4.89. The molecule has 0 aliphatic heterocycles. The van der Waals surface area contributed by atoms with Gasteiger partial charge in [0.05, 0.1) is 19.0 Å². The van der Waals surface area contributed by atoms with E-state index in [0.717, 1.165) is 32.2 Å². The van der Waals surface area contributed by atoms with Crippen molar-refractivity contribution >= 4 is 5.91 Å². The summed E-state index contributed by atoms with van der Waals surface area (Å²) in [6, 6.07) is 2.84. The van der Waals surface area contributed by atoms with Crippen LogP contribution in [0.4, 0.5) is 0 Å². The van der Waals surface area contributed by atoms with Gasteiger partial charge in [-0.3, -0.25) is 9.69 Å². The highest BCUT2D eigenvalue weighted by Gasteiger charge is 2.24. The van der Waals surface area contributed by atoms with Gasteiger partial charge < -0.3 is 11.1 Å². The van der Waals surface area contributed by atoms with E-state index in [2.05, 4.69) is 17.1 Å². The van der Waals surface area contributed by atoms with Crippen molar-refractivity contribution in [2.75, 3.05) is 19.6 Å². The zero-order valence-corrected chi connectivity index (χ0v) is 11.2. The molecule has 0 unspecified atom stereocenters. The van der Waals surface area contributed by atoms with Crippen molar-refractivity contribution in [3.8, 4) is 6.07 Å². The van der Waals surface area contributed by atoms with Crippen LogP contribution in [0.5, 0.6) is 0 Å². The summed E-state index contributed by atoms with van der Waals surface area (Å²) < 4.78 is 0. The third-order valence-corrected chi connectivity index (χ3v) is 3.57. The number of likely N-dealkylation sites (N-methyl/N-ethyl adjacent to an activating group) is 1. The van der Waals surface area contributed by atoms with Crippen molar-refractivity contribution in [1.82, 2.24) is 10.2 Å². The molecule has 0 bridgehead atoms. The molecule has 5 heteroatoms. The Balaban J connectivity index is 2.32. The molecule has 0 spiro atoms. The summed E-state index contributed by atoms with van der Waals surface area (Å²) in [5.74, 6) is 0.0157. The molecule has 1 rings (SSSR count). The first-order valence-corrected chi connectivity index (χ1v) is 6.80. The van der Waals surface area contributed by atoms with Gasteiger partial charge in [0.15, 0.2) is 0 Å². The minimum Gasteiger partial charge on any atom is -0.354 e. The molecule has 1 aliphatic carbocycles. The topological polar surface area (TPSA) is 82.2 Å². The Bertz CT molecular complexity index is 292. The van der Waals surface area contributed by atoms with E-state index in [0.29, 0.717) is 31.6 Å². The van der Waals surface area contributed by atoms with Crippen molar-refractivity contribution in [2.45, 2.75) is 51.1 Å². The summed E-state index contributed by atoms with van der Waals surface area (Å²) in [7, 11) is 0. The predicted molar refractivity (Wildman–Crippen MR) is 70.7 cm³/mol. The number of nitrogens with two attached hydrogens (primary N) is 1. The number of hydrogen-bond donors (Lipinski definition) is 2. The Morgan fingerprint density at radius 3 is 2.67 bits per heavy atom. The molecule has 5 nitrogen and oxygen atoms in total. The third kappa shape index (κ3) is 5.03. The van der Waals surface area contributed by atoms with Crippen LogP contribution in [0.1, 0.15) is 39.0 Å². The van der Waals surface area contributed by atoms with Crippen LogP contribution >= 0.6 is 0 Å². The Morgan fingerprint density at radius 2 is 2.11 bits per heavy atom. The molecular weight excluding hydrogens is 228 g/mol. The SMILES string of the molecule is CCN(CC(=O)NCCC#N)C1CCC(N)CC1. The summed E-state index contributed by atoms with van der Waals surface area (Å²) in [5, 5.41) is 11.2. The van der Waals surface area contributed by atoms with Crippen molar-refractivity contribution in [1.29, 1.82) is 5.26 Å². The van der Waals surface area contributed by atoms with Crippen molar-refractivity contribution in [3.05, 3.63) is 0 Å². The minimum atomic E-state index is 0.0157. The maximum Gasteiger partial charge on any atom is 0.234 e. The minimum absolute atomic E-state index is 0.0157. The number of nitriles is 1. The molecule has 1 amide bonds. The van der Waals surface area contributed by atoms with E-state index in [4.69, 9.17) is 11.0 Å². The lowest BCUT2D eigenvalue weighted by Gasteiger charge is -2.34. The maximum atomic E-state index is 11.7. The van der Waals surface area contributed by atoms with Crippen LogP contribution in [-0.4, -0.2) is 42.5 Å². The first kappa shape index (κ1) is 14.9. The van der Waals surface area contributed by atoms with E-state index in [-0.39, 0.29) is 5.91 Å². The van der Waals surface area contributed by atoms with E-state index in [1.54, 1.807) is 0 Å². The Morgan fingerprint density at radius 1 is 1.44 bits per heavy atom. The number of rotatable bonds is 6. The number of carbonyl (C=O) groups excluding carboxylic acids is 1. The highest BCUT2D eigenvalue weighted by atomic mass is 16.2. The average Bonchev–Trinajstić information content (AvgIpc) is 2.37. The monoisotopic (exact) mass is 252 g/mol. The van der Waals surface area contributed by atoms with Crippen molar-refractivity contribution in [3.63, 3.8) is 0 Å². The molecule has 102 valence electrons. The highest BCUT2D eigenvalue weighted by Crippen LogP contribution is 2.21. The van der Waals surface area contributed by atoms with Gasteiger partial charge in [-0.1, -0.05) is 6.92 Å². The second kappa shape index (κ2) is 8.06. The van der Waals surface area contributed by atoms with Gasteiger partial charge in [-0.2, -0.15) is 5.26 Å². The van der Waals surface area contributed by atoms with E-state index in [1.807, 2.05) is 6.07 Å². The molecule has 0 atom stereocenters. The number of carbonyl (C=O) groups is 1. The maximum absolute atomic E-state index is 11.7. The molecule has 0 heterocycles. The standard InChI is InChI=1S/C13H24N4O/c1-2-17(10-13(18)16-9-3-8-14)12-6-4-11(15)5-7-12/h11-12H,2-7,9-10,15H2,1H3,(H,16,18). The third-order valence-electron chi connectivity index (χ3n) is 3.57. The molecule has 0 radical (unpaired) electrons. The summed E-state index contributed by atoms with van der Waals surface area (Å²) in [6.45, 7) is 3.84. The van der Waals surface area contributed by atoms with Crippen LogP contribution in [0.3, 0.4) is 0 Å².